The smallest absolute Gasteiger partial charge is 0.332 e. The van der Waals surface area contributed by atoms with Crippen molar-refractivity contribution < 1.29 is 9.53 Å². The Balaban J connectivity index is 1.88. The summed E-state index contributed by atoms with van der Waals surface area (Å²) < 4.78 is 7.32. The molecule has 2 aromatic heterocycles. The van der Waals surface area contributed by atoms with Gasteiger partial charge in [0.05, 0.1) is 0 Å². The van der Waals surface area contributed by atoms with Gasteiger partial charge in [0.25, 0.3) is 5.56 Å². The van der Waals surface area contributed by atoms with Crippen LogP contribution in [0.2, 0.25) is 5.02 Å². The summed E-state index contributed by atoms with van der Waals surface area (Å²) in [6, 6.07) is 6.90. The van der Waals surface area contributed by atoms with Crippen molar-refractivity contribution in [2.75, 3.05) is 19.8 Å². The summed E-state index contributed by atoms with van der Waals surface area (Å²) in [6.45, 7) is 3.05. The summed E-state index contributed by atoms with van der Waals surface area (Å²) in [5.74, 6) is -0.0675. The van der Waals surface area contributed by atoms with Crippen LogP contribution >= 0.6 is 11.6 Å². The van der Waals surface area contributed by atoms with Crippen LogP contribution in [0.15, 0.2) is 40.1 Å². The van der Waals surface area contributed by atoms with Crippen LogP contribution in [0.5, 0.6) is 0 Å². The first-order chi connectivity index (χ1) is 14.4. The van der Waals surface area contributed by atoms with Gasteiger partial charge in [0, 0.05) is 43.6 Å². The number of carbonyl (C=O) groups excluding carboxylic acids is 1. The molecular weight excluding hydrogens is 410 g/mol. The Kier molecular flexibility index (Phi) is 6.96. The summed E-state index contributed by atoms with van der Waals surface area (Å²) in [4.78, 5) is 46.3. The number of amides is 1. The lowest BCUT2D eigenvalue weighted by atomic mass is 10.2. The number of fused-ring (bicyclic) bond motifs is 1. The number of aromatic nitrogens is 4. The van der Waals surface area contributed by atoms with Gasteiger partial charge in [0.1, 0.15) is 11.9 Å². The average molecular weight is 432 g/mol. The van der Waals surface area contributed by atoms with Crippen molar-refractivity contribution in [2.45, 2.75) is 19.9 Å². The Labute approximate surface area is 177 Å². The van der Waals surface area contributed by atoms with Crippen LogP contribution in [0.3, 0.4) is 0 Å². The summed E-state index contributed by atoms with van der Waals surface area (Å²) in [5.41, 5.74) is -0.347. The van der Waals surface area contributed by atoms with E-state index in [1.54, 1.807) is 24.3 Å². The lowest BCUT2D eigenvalue weighted by Gasteiger charge is -2.11. The molecule has 3 aromatic rings. The van der Waals surface area contributed by atoms with Crippen LogP contribution in [-0.4, -0.2) is 44.8 Å². The topological polar surface area (TPSA) is 108 Å². The molecule has 3 rings (SSSR count). The fraction of sp³-hybridized carbons (Fsp3) is 0.350. The van der Waals surface area contributed by atoms with E-state index in [9.17, 15) is 14.4 Å². The van der Waals surface area contributed by atoms with Gasteiger partial charge in [0.2, 0.25) is 5.91 Å². The molecule has 30 heavy (non-hydrogen) atoms. The molecule has 1 N–H and O–H groups in total. The van der Waals surface area contributed by atoms with Crippen molar-refractivity contribution in [3.8, 4) is 11.4 Å². The van der Waals surface area contributed by atoms with Gasteiger partial charge < -0.3 is 10.1 Å². The molecule has 0 radical (unpaired) electrons. The van der Waals surface area contributed by atoms with Crippen molar-refractivity contribution in [1.82, 2.24) is 24.4 Å². The molecule has 0 aliphatic rings. The highest BCUT2D eigenvalue weighted by atomic mass is 35.5. The zero-order chi connectivity index (χ0) is 21.7. The first-order valence-electron chi connectivity index (χ1n) is 9.49. The number of aryl methyl sites for hydroxylation is 1. The predicted octanol–water partition coefficient (Wildman–Crippen LogP) is 1.35. The molecule has 1 aromatic carbocycles. The number of halogens is 1. The van der Waals surface area contributed by atoms with Crippen molar-refractivity contribution in [2.24, 2.45) is 7.05 Å². The molecule has 0 unspecified atom stereocenters. The maximum Gasteiger partial charge on any atom is 0.332 e. The van der Waals surface area contributed by atoms with Crippen molar-refractivity contribution >= 4 is 28.5 Å². The third-order valence-corrected chi connectivity index (χ3v) is 4.73. The fourth-order valence-electron chi connectivity index (χ4n) is 2.91. The molecule has 158 valence electrons. The average Bonchev–Trinajstić information content (AvgIpc) is 2.75. The molecule has 0 atom stereocenters. The van der Waals surface area contributed by atoms with Gasteiger partial charge in [-0.3, -0.25) is 18.7 Å². The summed E-state index contributed by atoms with van der Waals surface area (Å²) in [6.07, 6.45) is 2.01. The molecule has 0 bridgehead atoms. The van der Waals surface area contributed by atoms with Gasteiger partial charge in [-0.25, -0.2) is 14.8 Å². The van der Waals surface area contributed by atoms with Crippen LogP contribution < -0.4 is 16.6 Å². The number of nitrogens with zero attached hydrogens (tertiary/aromatic N) is 4. The van der Waals surface area contributed by atoms with Crippen LogP contribution in [0.4, 0.5) is 0 Å². The second-order valence-electron chi connectivity index (χ2n) is 6.57. The van der Waals surface area contributed by atoms with E-state index in [-0.39, 0.29) is 17.6 Å². The van der Waals surface area contributed by atoms with Gasteiger partial charge in [-0.05, 0) is 37.6 Å². The Morgan fingerprint density at radius 1 is 1.23 bits per heavy atom. The normalized spacial score (nSPS) is 11.0. The number of rotatable bonds is 8. The highest BCUT2D eigenvalue weighted by molar-refractivity contribution is 6.30. The number of nitrogens with one attached hydrogen (secondary N) is 1. The Morgan fingerprint density at radius 3 is 2.67 bits per heavy atom. The van der Waals surface area contributed by atoms with E-state index < -0.39 is 17.2 Å². The second-order valence-corrected chi connectivity index (χ2v) is 7.01. The highest BCUT2D eigenvalue weighted by Crippen LogP contribution is 2.19. The molecule has 1 amide bonds. The monoisotopic (exact) mass is 431 g/mol. The minimum atomic E-state index is -0.627. The predicted molar refractivity (Wildman–Crippen MR) is 114 cm³/mol. The first kappa shape index (κ1) is 21.7. The maximum atomic E-state index is 12.8. The molecule has 2 heterocycles. The molecule has 9 nitrogen and oxygen atoms in total. The van der Waals surface area contributed by atoms with Gasteiger partial charge in [-0.15, -0.1) is 0 Å². The van der Waals surface area contributed by atoms with Gasteiger partial charge in [0.15, 0.2) is 11.5 Å². The molecule has 0 aliphatic heterocycles. The summed E-state index contributed by atoms with van der Waals surface area (Å²) in [5, 5.41) is 3.41. The first-order valence-corrected chi connectivity index (χ1v) is 9.87. The lowest BCUT2D eigenvalue weighted by molar-refractivity contribution is -0.121. The molecule has 0 saturated carbocycles. The molecule has 0 saturated heterocycles. The zero-order valence-corrected chi connectivity index (χ0v) is 17.5. The minimum absolute atomic E-state index is 0.152. The van der Waals surface area contributed by atoms with Crippen LogP contribution in [0, 0.1) is 0 Å². The van der Waals surface area contributed by atoms with E-state index in [0.717, 1.165) is 4.57 Å². The summed E-state index contributed by atoms with van der Waals surface area (Å²) in [7, 11) is 1.50. The van der Waals surface area contributed by atoms with Gasteiger partial charge in [-0.1, -0.05) is 11.6 Å². The SMILES string of the molecule is CCOCCCNC(=O)Cn1c(=O)c2cnc(-c3ccc(Cl)cc3)nc2n(C)c1=O. The lowest BCUT2D eigenvalue weighted by Crippen LogP contribution is -2.43. The maximum absolute atomic E-state index is 12.8. The van der Waals surface area contributed by atoms with E-state index in [0.29, 0.717) is 42.6 Å². The van der Waals surface area contributed by atoms with Crippen molar-refractivity contribution in [3.63, 3.8) is 0 Å². The third-order valence-electron chi connectivity index (χ3n) is 4.48. The number of hydrogen-bond acceptors (Lipinski definition) is 6. The van der Waals surface area contributed by atoms with Crippen molar-refractivity contribution in [1.29, 1.82) is 0 Å². The molecular formula is C20H22ClN5O4. The van der Waals surface area contributed by atoms with Crippen LogP contribution in [0.25, 0.3) is 22.4 Å². The largest absolute Gasteiger partial charge is 0.382 e. The quantitative estimate of drug-likeness (QED) is 0.539. The highest BCUT2D eigenvalue weighted by Gasteiger charge is 2.16. The third kappa shape index (κ3) is 4.74. The number of ether oxygens (including phenoxy) is 1. The molecule has 10 heteroatoms. The fourth-order valence-corrected chi connectivity index (χ4v) is 3.03. The van der Waals surface area contributed by atoms with Crippen molar-refractivity contribution in [3.05, 3.63) is 56.3 Å². The van der Waals surface area contributed by atoms with Gasteiger partial charge in [-0.2, -0.15) is 0 Å². The molecule has 0 spiro atoms. The van der Waals surface area contributed by atoms with E-state index in [1.165, 1.54) is 17.8 Å². The second kappa shape index (κ2) is 9.64. The van der Waals surface area contributed by atoms with Gasteiger partial charge >= 0.3 is 5.69 Å². The number of benzene rings is 1. The molecule has 0 aliphatic carbocycles. The Bertz CT molecular complexity index is 1170. The van der Waals surface area contributed by atoms with Crippen LogP contribution in [-0.2, 0) is 23.1 Å². The van der Waals surface area contributed by atoms with E-state index in [1.807, 2.05) is 6.92 Å². The van der Waals surface area contributed by atoms with E-state index in [2.05, 4.69) is 15.3 Å². The van der Waals surface area contributed by atoms with E-state index >= 15 is 0 Å². The Hall–Kier alpha value is -3.04. The van der Waals surface area contributed by atoms with Crippen LogP contribution in [0.1, 0.15) is 13.3 Å². The summed E-state index contributed by atoms with van der Waals surface area (Å²) >= 11 is 5.90. The Morgan fingerprint density at radius 2 is 1.97 bits per heavy atom. The number of hydrogen-bond donors (Lipinski definition) is 1. The van der Waals surface area contributed by atoms with E-state index in [4.69, 9.17) is 16.3 Å². The minimum Gasteiger partial charge on any atom is -0.382 e. The number of carbonyl (C=O) groups is 1. The zero-order valence-electron chi connectivity index (χ0n) is 16.7. The standard InChI is InChI=1S/C20H22ClN5O4/c1-3-30-10-4-9-22-16(27)12-26-19(28)15-11-23-17(13-5-7-14(21)8-6-13)24-18(15)25(2)20(26)29/h5-8,11H,3-4,9-10,12H2,1-2H3,(H,22,27). The molecule has 0 fully saturated rings.